The highest BCUT2D eigenvalue weighted by Crippen LogP contribution is 2.01. The second-order valence-corrected chi connectivity index (χ2v) is 2.93. The van der Waals surface area contributed by atoms with Crippen LogP contribution in [0.5, 0.6) is 0 Å². The molecule has 0 amide bonds. The molecule has 0 N–H and O–H groups in total. The molecule has 0 aliphatic heterocycles. The number of hydrogen-bond donors (Lipinski definition) is 0. The zero-order chi connectivity index (χ0) is 9.40. The van der Waals surface area contributed by atoms with Crippen molar-refractivity contribution in [3.05, 3.63) is 0 Å². The first kappa shape index (κ1) is 11.9. The van der Waals surface area contributed by atoms with Crippen molar-refractivity contribution in [3.8, 4) is 0 Å². The van der Waals surface area contributed by atoms with Gasteiger partial charge in [0.25, 0.3) is 0 Å². The summed E-state index contributed by atoms with van der Waals surface area (Å²) in [5.41, 5.74) is 0. The van der Waals surface area contributed by atoms with Gasteiger partial charge in [-0.3, -0.25) is 0 Å². The van der Waals surface area contributed by atoms with Crippen LogP contribution in [-0.2, 0) is 9.47 Å². The van der Waals surface area contributed by atoms with E-state index in [4.69, 9.17) is 9.47 Å². The molecular formula is C9H21NO2. The summed E-state index contributed by atoms with van der Waals surface area (Å²) in [6.45, 7) is 6.42. The first-order chi connectivity index (χ1) is 5.70. The molecule has 3 nitrogen and oxygen atoms in total. The van der Waals surface area contributed by atoms with Crippen LogP contribution in [-0.4, -0.2) is 45.0 Å². The standard InChI is InChI=1S/C9H21NO2/c1-5-11-9(12-6-2)7-8-10(3)4/h9H,5-8H2,1-4H3. The lowest BCUT2D eigenvalue weighted by Crippen LogP contribution is -2.24. The monoisotopic (exact) mass is 175 g/mol. The number of nitrogens with zero attached hydrogens (tertiary/aromatic N) is 1. The Kier molecular flexibility index (Phi) is 7.45. The largest absolute Gasteiger partial charge is 0.353 e. The predicted octanol–water partition coefficient (Wildman–Crippen LogP) is 1.34. The molecule has 3 heteroatoms. The quantitative estimate of drug-likeness (QED) is 0.545. The lowest BCUT2D eigenvalue weighted by molar-refractivity contribution is -0.140. The van der Waals surface area contributed by atoms with Crippen molar-refractivity contribution in [3.63, 3.8) is 0 Å². The van der Waals surface area contributed by atoms with Gasteiger partial charge in [-0.2, -0.15) is 0 Å². The van der Waals surface area contributed by atoms with Crippen LogP contribution < -0.4 is 0 Å². The van der Waals surface area contributed by atoms with Crippen LogP contribution >= 0.6 is 0 Å². The van der Waals surface area contributed by atoms with Gasteiger partial charge >= 0.3 is 0 Å². The summed E-state index contributed by atoms with van der Waals surface area (Å²) >= 11 is 0. The zero-order valence-electron chi connectivity index (χ0n) is 8.67. The fourth-order valence-electron chi connectivity index (χ4n) is 0.950. The molecule has 0 unspecified atom stereocenters. The summed E-state index contributed by atoms with van der Waals surface area (Å²) in [6.07, 6.45) is 0.914. The van der Waals surface area contributed by atoms with Crippen LogP contribution in [0.1, 0.15) is 20.3 Å². The van der Waals surface area contributed by atoms with Gasteiger partial charge in [-0.15, -0.1) is 0 Å². The van der Waals surface area contributed by atoms with Crippen LogP contribution in [0.25, 0.3) is 0 Å². The summed E-state index contributed by atoms with van der Waals surface area (Å²) in [5.74, 6) is 0. The Balaban J connectivity index is 3.48. The highest BCUT2D eigenvalue weighted by Gasteiger charge is 2.07. The molecule has 0 radical (unpaired) electrons. The van der Waals surface area contributed by atoms with E-state index >= 15 is 0 Å². The molecule has 12 heavy (non-hydrogen) atoms. The molecule has 0 saturated heterocycles. The third kappa shape index (κ3) is 6.58. The van der Waals surface area contributed by atoms with Crippen molar-refractivity contribution in [2.75, 3.05) is 33.9 Å². The molecule has 0 saturated carbocycles. The molecule has 0 bridgehead atoms. The van der Waals surface area contributed by atoms with Gasteiger partial charge in [0.15, 0.2) is 6.29 Å². The maximum absolute atomic E-state index is 5.38. The average molecular weight is 175 g/mol. The van der Waals surface area contributed by atoms with E-state index in [0.29, 0.717) is 0 Å². The molecule has 0 aliphatic rings. The van der Waals surface area contributed by atoms with E-state index in [1.807, 2.05) is 13.8 Å². The maximum Gasteiger partial charge on any atom is 0.158 e. The highest BCUT2D eigenvalue weighted by atomic mass is 16.7. The Labute approximate surface area is 75.6 Å². The molecule has 0 rings (SSSR count). The van der Waals surface area contributed by atoms with E-state index in [2.05, 4.69) is 19.0 Å². The maximum atomic E-state index is 5.38. The van der Waals surface area contributed by atoms with Gasteiger partial charge in [0, 0.05) is 26.2 Å². The first-order valence-corrected chi connectivity index (χ1v) is 4.58. The van der Waals surface area contributed by atoms with Gasteiger partial charge in [-0.05, 0) is 27.9 Å². The number of ether oxygens (including phenoxy) is 2. The van der Waals surface area contributed by atoms with Crippen molar-refractivity contribution >= 4 is 0 Å². The van der Waals surface area contributed by atoms with E-state index < -0.39 is 0 Å². The summed E-state index contributed by atoms with van der Waals surface area (Å²) in [6, 6.07) is 0. The van der Waals surface area contributed by atoms with E-state index in [1.165, 1.54) is 0 Å². The van der Waals surface area contributed by atoms with Gasteiger partial charge in [0.2, 0.25) is 0 Å². The van der Waals surface area contributed by atoms with Crippen molar-refractivity contribution in [1.82, 2.24) is 4.90 Å². The molecule has 0 fully saturated rings. The third-order valence-electron chi connectivity index (χ3n) is 1.52. The average Bonchev–Trinajstić information content (AvgIpc) is 2.01. The summed E-state index contributed by atoms with van der Waals surface area (Å²) in [7, 11) is 4.10. The molecular weight excluding hydrogens is 154 g/mol. The van der Waals surface area contributed by atoms with Gasteiger partial charge in [0.1, 0.15) is 0 Å². The molecule has 74 valence electrons. The Hall–Kier alpha value is -0.120. The Morgan fingerprint density at radius 2 is 1.58 bits per heavy atom. The molecule has 0 aromatic rings. The Morgan fingerprint density at radius 1 is 1.08 bits per heavy atom. The topological polar surface area (TPSA) is 21.7 Å². The van der Waals surface area contributed by atoms with Gasteiger partial charge in [-0.1, -0.05) is 0 Å². The zero-order valence-corrected chi connectivity index (χ0v) is 8.67. The van der Waals surface area contributed by atoms with E-state index in [1.54, 1.807) is 0 Å². The minimum absolute atomic E-state index is 0.0256. The lowest BCUT2D eigenvalue weighted by atomic mass is 10.4. The Morgan fingerprint density at radius 3 is 1.92 bits per heavy atom. The van der Waals surface area contributed by atoms with Gasteiger partial charge < -0.3 is 14.4 Å². The van der Waals surface area contributed by atoms with E-state index in [9.17, 15) is 0 Å². The van der Waals surface area contributed by atoms with Crippen LogP contribution in [0.15, 0.2) is 0 Å². The number of hydrogen-bond acceptors (Lipinski definition) is 3. The molecule has 0 heterocycles. The summed E-state index contributed by atoms with van der Waals surface area (Å²) in [5, 5.41) is 0. The highest BCUT2D eigenvalue weighted by molar-refractivity contribution is 4.49. The van der Waals surface area contributed by atoms with Crippen molar-refractivity contribution in [2.45, 2.75) is 26.6 Å². The second-order valence-electron chi connectivity index (χ2n) is 2.93. The fraction of sp³-hybridized carbons (Fsp3) is 1.00. The van der Waals surface area contributed by atoms with Crippen molar-refractivity contribution < 1.29 is 9.47 Å². The van der Waals surface area contributed by atoms with Crippen LogP contribution in [0.2, 0.25) is 0 Å². The van der Waals surface area contributed by atoms with Crippen molar-refractivity contribution in [2.24, 2.45) is 0 Å². The summed E-state index contributed by atoms with van der Waals surface area (Å²) in [4.78, 5) is 2.13. The normalized spacial score (nSPS) is 11.5. The molecule has 0 atom stereocenters. The van der Waals surface area contributed by atoms with Crippen molar-refractivity contribution in [1.29, 1.82) is 0 Å². The SMILES string of the molecule is CCOC(CCN(C)C)OCC. The van der Waals surface area contributed by atoms with E-state index in [0.717, 1.165) is 26.2 Å². The van der Waals surface area contributed by atoms with Gasteiger partial charge in [-0.25, -0.2) is 0 Å². The minimum atomic E-state index is -0.0256. The second kappa shape index (κ2) is 7.53. The minimum Gasteiger partial charge on any atom is -0.353 e. The van der Waals surface area contributed by atoms with Crippen LogP contribution in [0.3, 0.4) is 0 Å². The molecule has 0 aromatic carbocycles. The molecule has 0 aromatic heterocycles. The first-order valence-electron chi connectivity index (χ1n) is 4.58. The van der Waals surface area contributed by atoms with E-state index in [-0.39, 0.29) is 6.29 Å². The smallest absolute Gasteiger partial charge is 0.158 e. The number of rotatable bonds is 7. The predicted molar refractivity (Wildman–Crippen MR) is 50.2 cm³/mol. The van der Waals surface area contributed by atoms with Crippen LogP contribution in [0, 0.1) is 0 Å². The van der Waals surface area contributed by atoms with Gasteiger partial charge in [0.05, 0.1) is 0 Å². The fourth-order valence-corrected chi connectivity index (χ4v) is 0.950. The summed E-state index contributed by atoms with van der Waals surface area (Å²) < 4.78 is 10.8. The Bertz CT molecular complexity index is 90.5. The molecule has 0 aliphatic carbocycles. The van der Waals surface area contributed by atoms with Crippen LogP contribution in [0.4, 0.5) is 0 Å². The third-order valence-corrected chi connectivity index (χ3v) is 1.52. The molecule has 0 spiro atoms. The lowest BCUT2D eigenvalue weighted by Gasteiger charge is -2.18.